The molecule has 0 unspecified atom stereocenters. The van der Waals surface area contributed by atoms with Gasteiger partial charge in [-0.3, -0.25) is 19.3 Å². The molecule has 1 heterocycles. The zero-order chi connectivity index (χ0) is 22.9. The van der Waals surface area contributed by atoms with E-state index in [-0.39, 0.29) is 53.4 Å². The number of allylic oxidation sites excluding steroid dienone is 2. The fourth-order valence-corrected chi connectivity index (χ4v) is 6.00. The maximum Gasteiger partial charge on any atom is 0.338 e. The van der Waals surface area contributed by atoms with Crippen molar-refractivity contribution in [3.8, 4) is 0 Å². The number of hydrogen-bond donors (Lipinski definition) is 0. The molecule has 166 valence electrons. The number of anilines is 1. The van der Waals surface area contributed by atoms with E-state index in [0.29, 0.717) is 23.1 Å². The van der Waals surface area contributed by atoms with E-state index in [1.807, 2.05) is 19.1 Å². The lowest BCUT2D eigenvalue weighted by atomic mass is 9.63. The molecule has 7 rings (SSSR count). The van der Waals surface area contributed by atoms with E-state index in [2.05, 4.69) is 12.2 Å². The van der Waals surface area contributed by atoms with Gasteiger partial charge in [-0.1, -0.05) is 42.0 Å². The predicted octanol–water partition coefficient (Wildman–Crippen LogP) is 3.59. The van der Waals surface area contributed by atoms with Gasteiger partial charge in [-0.2, -0.15) is 0 Å². The molecule has 2 aromatic rings. The van der Waals surface area contributed by atoms with Gasteiger partial charge in [0, 0.05) is 5.56 Å². The second-order valence-corrected chi connectivity index (χ2v) is 9.58. The van der Waals surface area contributed by atoms with Crippen LogP contribution >= 0.6 is 0 Å². The van der Waals surface area contributed by atoms with Crippen LogP contribution in [0.25, 0.3) is 0 Å². The summed E-state index contributed by atoms with van der Waals surface area (Å²) in [5.41, 5.74) is 2.26. The third kappa shape index (κ3) is 3.08. The van der Waals surface area contributed by atoms with Crippen molar-refractivity contribution in [2.24, 2.45) is 35.5 Å². The number of Topliss-reactive ketones (excluding diaryl/α,β-unsaturated/α-hetero) is 1. The zero-order valence-corrected chi connectivity index (χ0v) is 18.1. The van der Waals surface area contributed by atoms with Crippen molar-refractivity contribution in [1.29, 1.82) is 0 Å². The number of carbonyl (C=O) groups is 4. The first-order valence-electron chi connectivity index (χ1n) is 11.4. The number of rotatable bonds is 5. The molecule has 4 aliphatic carbocycles. The number of ketones is 1. The second-order valence-electron chi connectivity index (χ2n) is 9.58. The van der Waals surface area contributed by atoms with E-state index in [9.17, 15) is 19.2 Å². The van der Waals surface area contributed by atoms with Crippen LogP contribution in [0.15, 0.2) is 60.7 Å². The normalized spacial score (nSPS) is 30.8. The lowest BCUT2D eigenvalue weighted by Gasteiger charge is -2.37. The van der Waals surface area contributed by atoms with Crippen molar-refractivity contribution < 1.29 is 23.9 Å². The van der Waals surface area contributed by atoms with E-state index in [4.69, 9.17) is 4.74 Å². The SMILES string of the molecule is Cc1ccc(C(=O)COC(=O)c2ccc(N3C(=O)[C@H]4[C@@H]5C=C[C@H]([C@H]6C[C@H]56)[C@@H]4C3=O)cc2)cc1. The third-order valence-corrected chi connectivity index (χ3v) is 7.73. The summed E-state index contributed by atoms with van der Waals surface area (Å²) < 4.78 is 5.17. The largest absolute Gasteiger partial charge is 0.454 e. The Hall–Kier alpha value is -3.54. The molecular formula is C27H23NO5. The van der Waals surface area contributed by atoms with Crippen LogP contribution in [0.5, 0.6) is 0 Å². The van der Waals surface area contributed by atoms with Gasteiger partial charge >= 0.3 is 5.97 Å². The number of ether oxygens (including phenoxy) is 1. The molecule has 0 aromatic heterocycles. The van der Waals surface area contributed by atoms with Gasteiger partial charge < -0.3 is 4.74 Å². The second kappa shape index (κ2) is 7.24. The smallest absolute Gasteiger partial charge is 0.338 e. The molecule has 2 bridgehead atoms. The molecule has 0 spiro atoms. The number of aryl methyl sites for hydroxylation is 1. The minimum absolute atomic E-state index is 0.131. The van der Waals surface area contributed by atoms with Gasteiger partial charge in [0.2, 0.25) is 11.8 Å². The van der Waals surface area contributed by atoms with Crippen molar-refractivity contribution >= 4 is 29.3 Å². The average Bonchev–Trinajstić information content (AvgIpc) is 3.61. The van der Waals surface area contributed by atoms with Crippen molar-refractivity contribution in [1.82, 2.24) is 0 Å². The molecular weight excluding hydrogens is 418 g/mol. The van der Waals surface area contributed by atoms with Gasteiger partial charge in [0.05, 0.1) is 23.1 Å². The van der Waals surface area contributed by atoms with Gasteiger partial charge in [-0.15, -0.1) is 0 Å². The molecule has 5 aliphatic rings. The van der Waals surface area contributed by atoms with E-state index in [0.717, 1.165) is 12.0 Å². The number of imide groups is 1. The van der Waals surface area contributed by atoms with Crippen LogP contribution in [0.3, 0.4) is 0 Å². The van der Waals surface area contributed by atoms with Crippen LogP contribution < -0.4 is 4.90 Å². The standard InChI is InChI=1S/C27H23NO5/c1-14-2-4-15(5-3-14)22(29)13-33-27(32)16-6-8-17(9-7-16)28-25(30)23-18-10-11-19(21-12-20(18)21)24(23)26(28)31/h2-11,18-21,23-24H,12-13H2,1H3/t18-,19-,20-,21-,23+,24+/m1/s1. The first kappa shape index (κ1) is 20.1. The van der Waals surface area contributed by atoms with Crippen molar-refractivity contribution in [2.45, 2.75) is 13.3 Å². The number of benzene rings is 2. The fourth-order valence-electron chi connectivity index (χ4n) is 6.00. The maximum absolute atomic E-state index is 13.2. The van der Waals surface area contributed by atoms with E-state index >= 15 is 0 Å². The Labute approximate surface area is 191 Å². The Balaban J connectivity index is 1.14. The highest BCUT2D eigenvalue weighted by molar-refractivity contribution is 6.22. The Morgan fingerprint density at radius 2 is 1.39 bits per heavy atom. The molecule has 2 amide bonds. The van der Waals surface area contributed by atoms with E-state index < -0.39 is 5.97 Å². The fraction of sp³-hybridized carbons (Fsp3) is 0.333. The third-order valence-electron chi connectivity index (χ3n) is 7.73. The molecule has 33 heavy (non-hydrogen) atoms. The summed E-state index contributed by atoms with van der Waals surface area (Å²) in [6, 6.07) is 13.3. The summed E-state index contributed by atoms with van der Waals surface area (Å²) in [7, 11) is 0. The molecule has 0 N–H and O–H groups in total. The lowest BCUT2D eigenvalue weighted by Crippen LogP contribution is -2.40. The van der Waals surface area contributed by atoms with Crippen LogP contribution in [0, 0.1) is 42.4 Å². The summed E-state index contributed by atoms with van der Waals surface area (Å²) in [6.07, 6.45) is 5.41. The molecule has 3 fully saturated rings. The maximum atomic E-state index is 13.2. The molecule has 6 atom stereocenters. The molecule has 1 saturated heterocycles. The highest BCUT2D eigenvalue weighted by Gasteiger charge is 2.67. The van der Waals surface area contributed by atoms with Crippen LogP contribution in [-0.2, 0) is 14.3 Å². The topological polar surface area (TPSA) is 80.8 Å². The Morgan fingerprint density at radius 3 is 1.97 bits per heavy atom. The zero-order valence-electron chi connectivity index (χ0n) is 18.1. The Kier molecular flexibility index (Phi) is 4.41. The monoisotopic (exact) mass is 441 g/mol. The van der Waals surface area contributed by atoms with Gasteiger partial charge in [-0.25, -0.2) is 4.79 Å². The van der Waals surface area contributed by atoms with Gasteiger partial charge in [-0.05, 0) is 61.3 Å². The molecule has 2 saturated carbocycles. The summed E-state index contributed by atoms with van der Waals surface area (Å²) in [4.78, 5) is 52.3. The molecule has 2 aromatic carbocycles. The van der Waals surface area contributed by atoms with Crippen molar-refractivity contribution in [3.63, 3.8) is 0 Å². The van der Waals surface area contributed by atoms with Crippen LogP contribution in [-0.4, -0.2) is 30.2 Å². The van der Waals surface area contributed by atoms with Gasteiger partial charge in [0.15, 0.2) is 12.4 Å². The highest BCUT2D eigenvalue weighted by atomic mass is 16.5. The molecule has 0 radical (unpaired) electrons. The van der Waals surface area contributed by atoms with E-state index in [1.54, 1.807) is 24.3 Å². The number of carbonyl (C=O) groups excluding carboxylic acids is 4. The number of nitrogens with zero attached hydrogens (tertiary/aromatic N) is 1. The summed E-state index contributed by atoms with van der Waals surface area (Å²) in [5, 5.41) is 0. The van der Waals surface area contributed by atoms with Gasteiger partial charge in [0.1, 0.15) is 0 Å². The Bertz CT molecular complexity index is 1180. The van der Waals surface area contributed by atoms with E-state index in [1.165, 1.54) is 17.0 Å². The molecule has 6 nitrogen and oxygen atoms in total. The van der Waals surface area contributed by atoms with Crippen molar-refractivity contribution in [3.05, 3.63) is 77.4 Å². The van der Waals surface area contributed by atoms with Crippen LogP contribution in [0.1, 0.15) is 32.7 Å². The lowest BCUT2D eigenvalue weighted by molar-refractivity contribution is -0.124. The van der Waals surface area contributed by atoms with Crippen LogP contribution in [0.4, 0.5) is 5.69 Å². The highest BCUT2D eigenvalue weighted by Crippen LogP contribution is 2.65. The van der Waals surface area contributed by atoms with Gasteiger partial charge in [0.25, 0.3) is 0 Å². The predicted molar refractivity (Wildman–Crippen MR) is 119 cm³/mol. The summed E-state index contributed by atoms with van der Waals surface area (Å²) >= 11 is 0. The van der Waals surface area contributed by atoms with Crippen molar-refractivity contribution in [2.75, 3.05) is 11.5 Å². The molecule has 6 heteroatoms. The quantitative estimate of drug-likeness (QED) is 0.307. The van der Waals surface area contributed by atoms with Crippen LogP contribution in [0.2, 0.25) is 0 Å². The first-order chi connectivity index (χ1) is 15.9. The Morgan fingerprint density at radius 1 is 0.848 bits per heavy atom. The minimum Gasteiger partial charge on any atom is -0.454 e. The number of esters is 1. The summed E-state index contributed by atoms with van der Waals surface area (Å²) in [6.45, 7) is 1.58. The average molecular weight is 441 g/mol. The first-order valence-corrected chi connectivity index (χ1v) is 11.4. The summed E-state index contributed by atoms with van der Waals surface area (Å²) in [5.74, 6) is -0.229. The number of hydrogen-bond acceptors (Lipinski definition) is 5. The number of amides is 2. The minimum atomic E-state index is -0.628. The molecule has 1 aliphatic heterocycles.